The highest BCUT2D eigenvalue weighted by atomic mass is 16.5. The van der Waals surface area contributed by atoms with E-state index in [1.165, 1.54) is 5.56 Å². The fourth-order valence-electron chi connectivity index (χ4n) is 3.83. The molecule has 0 bridgehead atoms. The van der Waals surface area contributed by atoms with Crippen molar-refractivity contribution in [3.05, 3.63) is 76.5 Å². The van der Waals surface area contributed by atoms with Crippen molar-refractivity contribution >= 4 is 5.97 Å². The molecule has 0 fully saturated rings. The van der Waals surface area contributed by atoms with Crippen LogP contribution in [-0.2, 0) is 24.3 Å². The van der Waals surface area contributed by atoms with Crippen LogP contribution in [-0.4, -0.2) is 45.0 Å². The number of nitrogens with two attached hydrogens (primary N) is 1. The Morgan fingerprint density at radius 2 is 2.13 bits per heavy atom. The first-order chi connectivity index (χ1) is 15.1. The summed E-state index contributed by atoms with van der Waals surface area (Å²) in [7, 11) is 0. The number of nitrogens with zero attached hydrogens (tertiary/aromatic N) is 5. The second-order valence-corrected chi connectivity index (χ2v) is 7.57. The number of pyridine rings is 1. The Morgan fingerprint density at radius 1 is 1.26 bits per heavy atom. The molecule has 31 heavy (non-hydrogen) atoms. The van der Waals surface area contributed by atoms with Crippen LogP contribution >= 0.6 is 0 Å². The van der Waals surface area contributed by atoms with E-state index in [2.05, 4.69) is 21.8 Å². The predicted octanol–water partition coefficient (Wildman–Crippen LogP) is 2.12. The molecule has 0 radical (unpaired) electrons. The van der Waals surface area contributed by atoms with Crippen LogP contribution in [0.4, 0.5) is 0 Å². The highest BCUT2D eigenvalue weighted by Crippen LogP contribution is 2.26. The van der Waals surface area contributed by atoms with E-state index >= 15 is 0 Å². The molecular formula is C23H24N6O2. The van der Waals surface area contributed by atoms with Crippen molar-refractivity contribution in [1.29, 1.82) is 5.26 Å². The number of rotatable bonds is 8. The number of carbonyl (C=O) groups excluding carboxylic acids is 1. The van der Waals surface area contributed by atoms with Crippen LogP contribution in [0.15, 0.2) is 43.0 Å². The third-order valence-corrected chi connectivity index (χ3v) is 5.60. The molecular weight excluding hydrogens is 392 g/mol. The Labute approximate surface area is 180 Å². The molecule has 3 aromatic rings. The smallest absolute Gasteiger partial charge is 0.338 e. The van der Waals surface area contributed by atoms with Gasteiger partial charge in [-0.3, -0.25) is 9.47 Å². The fraction of sp³-hybridized carbons (Fsp3) is 0.304. The molecule has 0 atom stereocenters. The molecule has 1 aliphatic rings. The zero-order valence-corrected chi connectivity index (χ0v) is 17.4. The van der Waals surface area contributed by atoms with E-state index in [-0.39, 0.29) is 5.97 Å². The van der Waals surface area contributed by atoms with Crippen LogP contribution in [0.5, 0.6) is 0 Å². The molecule has 0 amide bonds. The molecule has 0 saturated carbocycles. The molecule has 2 N–H and O–H groups in total. The SMILES string of the molecule is Cc1c(CCN(CCN)Cc2ccc(-n3cnc(C#N)c3)nc2)ccc2c1COC2=O. The number of aromatic nitrogens is 3. The number of ether oxygens (including phenoxy) is 1. The van der Waals surface area contributed by atoms with Crippen molar-refractivity contribution in [2.45, 2.75) is 26.5 Å². The summed E-state index contributed by atoms with van der Waals surface area (Å²) >= 11 is 0. The highest BCUT2D eigenvalue weighted by Gasteiger charge is 2.23. The molecule has 8 heteroatoms. The van der Waals surface area contributed by atoms with Crippen LogP contribution < -0.4 is 5.73 Å². The van der Waals surface area contributed by atoms with Gasteiger partial charge in [-0.1, -0.05) is 12.1 Å². The lowest BCUT2D eigenvalue weighted by atomic mass is 9.96. The summed E-state index contributed by atoms with van der Waals surface area (Å²) in [5.41, 5.74) is 11.3. The van der Waals surface area contributed by atoms with Crippen molar-refractivity contribution in [3.63, 3.8) is 0 Å². The number of esters is 1. The van der Waals surface area contributed by atoms with Gasteiger partial charge in [-0.05, 0) is 42.2 Å². The van der Waals surface area contributed by atoms with Crippen molar-refractivity contribution in [2.24, 2.45) is 5.73 Å². The number of hydrogen-bond acceptors (Lipinski definition) is 7. The summed E-state index contributed by atoms with van der Waals surface area (Å²) in [6, 6.07) is 9.86. The van der Waals surface area contributed by atoms with Crippen molar-refractivity contribution < 1.29 is 9.53 Å². The van der Waals surface area contributed by atoms with Crippen molar-refractivity contribution in [3.8, 4) is 11.9 Å². The molecule has 4 rings (SSSR count). The second-order valence-electron chi connectivity index (χ2n) is 7.57. The molecule has 0 unspecified atom stereocenters. The molecule has 3 heterocycles. The number of benzene rings is 1. The number of imidazole rings is 1. The lowest BCUT2D eigenvalue weighted by Gasteiger charge is -2.22. The average molecular weight is 416 g/mol. The summed E-state index contributed by atoms with van der Waals surface area (Å²) in [5.74, 6) is 0.485. The highest BCUT2D eigenvalue weighted by molar-refractivity contribution is 5.93. The van der Waals surface area contributed by atoms with Crippen LogP contribution in [0, 0.1) is 18.3 Å². The number of hydrogen-bond donors (Lipinski definition) is 1. The molecule has 0 saturated heterocycles. The van der Waals surface area contributed by atoms with Crippen molar-refractivity contribution in [1.82, 2.24) is 19.4 Å². The average Bonchev–Trinajstić information content (AvgIpc) is 3.41. The van der Waals surface area contributed by atoms with Crippen LogP contribution in [0.1, 0.15) is 38.3 Å². The van der Waals surface area contributed by atoms with Gasteiger partial charge >= 0.3 is 5.97 Å². The van der Waals surface area contributed by atoms with Gasteiger partial charge in [-0.15, -0.1) is 0 Å². The minimum absolute atomic E-state index is 0.232. The second kappa shape index (κ2) is 9.08. The predicted molar refractivity (Wildman–Crippen MR) is 114 cm³/mol. The monoisotopic (exact) mass is 416 g/mol. The van der Waals surface area contributed by atoms with Gasteiger partial charge in [0.15, 0.2) is 5.69 Å². The third-order valence-electron chi connectivity index (χ3n) is 5.60. The minimum Gasteiger partial charge on any atom is -0.457 e. The van der Waals surface area contributed by atoms with E-state index in [1.54, 1.807) is 17.1 Å². The Balaban J connectivity index is 1.41. The summed E-state index contributed by atoms with van der Waals surface area (Å²) < 4.78 is 6.88. The summed E-state index contributed by atoms with van der Waals surface area (Å²) in [6.07, 6.45) is 5.94. The molecule has 1 aliphatic heterocycles. The largest absolute Gasteiger partial charge is 0.457 e. The number of carbonyl (C=O) groups is 1. The van der Waals surface area contributed by atoms with E-state index < -0.39 is 0 Å². The zero-order chi connectivity index (χ0) is 21.8. The molecule has 0 spiro atoms. The molecule has 0 aliphatic carbocycles. The van der Waals surface area contributed by atoms with E-state index in [9.17, 15) is 4.79 Å². The van der Waals surface area contributed by atoms with E-state index in [0.717, 1.165) is 42.7 Å². The van der Waals surface area contributed by atoms with E-state index in [4.69, 9.17) is 15.7 Å². The normalized spacial score (nSPS) is 12.6. The third kappa shape index (κ3) is 4.48. The van der Waals surface area contributed by atoms with Crippen LogP contribution in [0.2, 0.25) is 0 Å². The molecule has 1 aromatic carbocycles. The van der Waals surface area contributed by atoms with Gasteiger partial charge in [-0.2, -0.15) is 5.26 Å². The topological polar surface area (TPSA) is 110 Å². The minimum atomic E-state index is -0.232. The summed E-state index contributed by atoms with van der Waals surface area (Å²) in [5, 5.41) is 8.92. The molecule has 8 nitrogen and oxygen atoms in total. The Bertz CT molecular complexity index is 1130. The number of nitriles is 1. The zero-order valence-electron chi connectivity index (χ0n) is 17.4. The first-order valence-electron chi connectivity index (χ1n) is 10.2. The number of cyclic esters (lactones) is 1. The molecule has 158 valence electrons. The standard InChI is InChI=1S/C23H24N6O2/c1-16-18(3-4-20-21(16)14-31-23(20)30)6-8-28(9-7-24)12-17-2-5-22(26-11-17)29-13-19(10-25)27-15-29/h2-5,11,13,15H,6-9,12,14,24H2,1H3. The maximum atomic E-state index is 11.7. The van der Waals surface area contributed by atoms with Crippen LogP contribution in [0.25, 0.3) is 5.82 Å². The van der Waals surface area contributed by atoms with Gasteiger partial charge in [-0.25, -0.2) is 14.8 Å². The van der Waals surface area contributed by atoms with Crippen molar-refractivity contribution in [2.75, 3.05) is 19.6 Å². The van der Waals surface area contributed by atoms with E-state index in [1.807, 2.05) is 36.5 Å². The Hall–Kier alpha value is -3.54. The maximum Gasteiger partial charge on any atom is 0.338 e. The lowest BCUT2D eigenvalue weighted by molar-refractivity contribution is 0.0535. The summed E-state index contributed by atoms with van der Waals surface area (Å²) in [4.78, 5) is 22.6. The van der Waals surface area contributed by atoms with Crippen LogP contribution in [0.3, 0.4) is 0 Å². The van der Waals surface area contributed by atoms with Gasteiger partial charge in [0, 0.05) is 44.1 Å². The first kappa shape index (κ1) is 20.7. The maximum absolute atomic E-state index is 11.7. The summed E-state index contributed by atoms with van der Waals surface area (Å²) in [6.45, 7) is 5.36. The van der Waals surface area contributed by atoms with Gasteiger partial charge in [0.1, 0.15) is 24.8 Å². The quantitative estimate of drug-likeness (QED) is 0.560. The Kier molecular flexibility index (Phi) is 6.07. The van der Waals surface area contributed by atoms with E-state index in [0.29, 0.717) is 30.2 Å². The Morgan fingerprint density at radius 3 is 2.84 bits per heavy atom. The fourth-order valence-corrected chi connectivity index (χ4v) is 3.83. The lowest BCUT2D eigenvalue weighted by Crippen LogP contribution is -2.31. The first-order valence-corrected chi connectivity index (χ1v) is 10.2. The van der Waals surface area contributed by atoms with Gasteiger partial charge in [0.05, 0.1) is 5.56 Å². The number of fused-ring (bicyclic) bond motifs is 1. The molecule has 2 aromatic heterocycles. The van der Waals surface area contributed by atoms with Gasteiger partial charge in [0.25, 0.3) is 0 Å². The van der Waals surface area contributed by atoms with Gasteiger partial charge in [0.2, 0.25) is 0 Å². The van der Waals surface area contributed by atoms with Gasteiger partial charge < -0.3 is 10.5 Å².